The third-order valence-electron chi connectivity index (χ3n) is 7.00. The highest BCUT2D eigenvalue weighted by Gasteiger charge is 2.52. The van der Waals surface area contributed by atoms with Crippen molar-refractivity contribution in [2.24, 2.45) is 0 Å². The van der Waals surface area contributed by atoms with E-state index in [-0.39, 0.29) is 10.9 Å². The Labute approximate surface area is 205 Å². The van der Waals surface area contributed by atoms with Gasteiger partial charge in [0, 0.05) is 54.0 Å². The summed E-state index contributed by atoms with van der Waals surface area (Å²) < 4.78 is 28.9. The fourth-order valence-electron chi connectivity index (χ4n) is 4.77. The Kier molecular flexibility index (Phi) is 6.77. The summed E-state index contributed by atoms with van der Waals surface area (Å²) in [5.74, 6) is -0.312. The minimum Gasteiger partial charge on any atom is -0.346 e. The minimum absolute atomic E-state index is 0.276. The number of nitrogens with zero attached hydrogens (tertiary/aromatic N) is 3. The van der Waals surface area contributed by atoms with Gasteiger partial charge in [0.05, 0.1) is 10.6 Å². The van der Waals surface area contributed by atoms with Crippen molar-refractivity contribution in [2.75, 3.05) is 26.2 Å². The predicted octanol–water partition coefficient (Wildman–Crippen LogP) is 3.88. The Morgan fingerprint density at radius 2 is 1.73 bits per heavy atom. The van der Waals surface area contributed by atoms with E-state index in [1.54, 1.807) is 28.7 Å². The van der Waals surface area contributed by atoms with E-state index < -0.39 is 21.2 Å². The Morgan fingerprint density at radius 1 is 1.06 bits per heavy atom. The Morgan fingerprint density at radius 3 is 2.27 bits per heavy atom. The highest BCUT2D eigenvalue weighted by atomic mass is 35.5. The molecule has 2 aliphatic rings. The predicted molar refractivity (Wildman–Crippen MR) is 130 cm³/mol. The number of carbonyl (C=O) groups is 1. The minimum atomic E-state index is -3.45. The molecule has 0 aliphatic carbocycles. The summed E-state index contributed by atoms with van der Waals surface area (Å²) in [6.07, 6.45) is 3.68. The number of halogens is 2. The zero-order valence-electron chi connectivity index (χ0n) is 18.7. The molecule has 0 spiro atoms. The van der Waals surface area contributed by atoms with Crippen molar-refractivity contribution in [1.82, 2.24) is 18.9 Å². The van der Waals surface area contributed by atoms with Crippen molar-refractivity contribution in [1.29, 1.82) is 0 Å². The van der Waals surface area contributed by atoms with Gasteiger partial charge in [0.2, 0.25) is 0 Å². The average molecular weight is 511 g/mol. The number of rotatable bonds is 6. The first kappa shape index (κ1) is 24.4. The fourth-order valence-corrected chi connectivity index (χ4v) is 6.96. The quantitative estimate of drug-likeness (QED) is 0.638. The lowest BCUT2D eigenvalue weighted by Crippen LogP contribution is -2.63. The van der Waals surface area contributed by atoms with E-state index in [1.165, 1.54) is 4.31 Å². The number of pyridine rings is 1. The summed E-state index contributed by atoms with van der Waals surface area (Å²) in [4.78, 5) is 17.8. The zero-order valence-corrected chi connectivity index (χ0v) is 21.1. The van der Waals surface area contributed by atoms with Gasteiger partial charge in [-0.15, -0.1) is 0 Å². The Bertz CT molecular complexity index is 1130. The lowest BCUT2D eigenvalue weighted by molar-refractivity contribution is 0.0763. The molecule has 0 saturated carbocycles. The van der Waals surface area contributed by atoms with Crippen molar-refractivity contribution in [3.63, 3.8) is 0 Å². The zero-order chi connectivity index (χ0) is 23.9. The molecule has 0 unspecified atom stereocenters. The fraction of sp³-hybridized carbons (Fsp3) is 0.478. The Balaban J connectivity index is 1.63. The van der Waals surface area contributed by atoms with Crippen LogP contribution in [0.3, 0.4) is 0 Å². The van der Waals surface area contributed by atoms with E-state index in [4.69, 9.17) is 23.2 Å². The maximum atomic E-state index is 13.2. The van der Waals surface area contributed by atoms with Crippen LogP contribution in [-0.2, 0) is 15.6 Å². The first-order valence-corrected chi connectivity index (χ1v) is 13.2. The lowest BCUT2D eigenvalue weighted by Gasteiger charge is -2.51. The normalized spacial score (nSPS) is 19.6. The van der Waals surface area contributed by atoms with Gasteiger partial charge in [-0.1, -0.05) is 29.3 Å². The number of aromatic nitrogens is 1. The smallest absolute Gasteiger partial charge is 0.281 e. The number of hydrogen-bond donors (Lipinski definition) is 1. The van der Waals surface area contributed by atoms with Gasteiger partial charge in [-0.25, -0.2) is 0 Å². The van der Waals surface area contributed by atoms with Crippen LogP contribution in [0.4, 0.5) is 0 Å². The van der Waals surface area contributed by atoms with Crippen LogP contribution in [0.15, 0.2) is 42.6 Å². The second-order valence-corrected chi connectivity index (χ2v) is 11.9. The first-order chi connectivity index (χ1) is 15.6. The number of piperidine rings is 1. The molecule has 7 nitrogen and oxygen atoms in total. The van der Waals surface area contributed by atoms with Crippen LogP contribution in [0, 0.1) is 0 Å². The van der Waals surface area contributed by atoms with Gasteiger partial charge in [-0.2, -0.15) is 17.0 Å². The molecule has 0 bridgehead atoms. The summed E-state index contributed by atoms with van der Waals surface area (Å²) in [7, 11) is -3.45. The van der Waals surface area contributed by atoms with E-state index in [0.29, 0.717) is 49.6 Å². The van der Waals surface area contributed by atoms with Gasteiger partial charge in [-0.05, 0) is 63.4 Å². The maximum absolute atomic E-state index is 13.2. The van der Waals surface area contributed by atoms with E-state index >= 15 is 0 Å². The van der Waals surface area contributed by atoms with Gasteiger partial charge >= 0.3 is 0 Å². The Hall–Kier alpha value is -1.71. The van der Waals surface area contributed by atoms with Crippen LogP contribution in [0.1, 0.15) is 49.2 Å². The van der Waals surface area contributed by atoms with Gasteiger partial charge in [-0.3, -0.25) is 9.78 Å². The molecule has 1 N–H and O–H groups in total. The monoisotopic (exact) mass is 510 g/mol. The molecule has 2 aliphatic heterocycles. The van der Waals surface area contributed by atoms with E-state index in [2.05, 4.69) is 10.3 Å². The maximum Gasteiger partial charge on any atom is 0.281 e. The van der Waals surface area contributed by atoms with Gasteiger partial charge in [0.15, 0.2) is 0 Å². The molecule has 10 heteroatoms. The van der Waals surface area contributed by atoms with Crippen LogP contribution in [0.25, 0.3) is 0 Å². The van der Waals surface area contributed by atoms with E-state index in [0.717, 1.165) is 12.1 Å². The van der Waals surface area contributed by atoms with Crippen LogP contribution in [0.5, 0.6) is 0 Å². The molecule has 178 valence electrons. The molecule has 33 heavy (non-hydrogen) atoms. The molecule has 0 atom stereocenters. The van der Waals surface area contributed by atoms with Crippen molar-refractivity contribution in [3.8, 4) is 0 Å². The highest BCUT2D eigenvalue weighted by Crippen LogP contribution is 2.44. The molecule has 1 amide bonds. The highest BCUT2D eigenvalue weighted by molar-refractivity contribution is 7.86. The van der Waals surface area contributed by atoms with Gasteiger partial charge in [0.25, 0.3) is 16.1 Å². The lowest BCUT2D eigenvalue weighted by atomic mass is 9.63. The largest absolute Gasteiger partial charge is 0.346 e. The van der Waals surface area contributed by atoms with Crippen LogP contribution < -0.4 is 5.32 Å². The molecule has 3 heterocycles. The van der Waals surface area contributed by atoms with E-state index in [1.807, 2.05) is 32.0 Å². The average Bonchev–Trinajstić information content (AvgIpc) is 2.72. The standard InChI is InChI=1S/C23H28Cl2N4O3S/c1-22(2,27-21(30)18-8-7-17(24)16-19(18)25)23(20-6-3-4-11-26-20)9-14-29(15-10-23)33(31,32)28-12-5-13-28/h3-4,6-8,11,16H,5,9-10,12-15H2,1-2H3,(H,27,30). The number of hydrogen-bond acceptors (Lipinski definition) is 4. The third kappa shape index (κ3) is 4.51. The summed E-state index contributed by atoms with van der Waals surface area (Å²) in [6.45, 7) is 5.79. The van der Waals surface area contributed by atoms with Crippen LogP contribution in [-0.4, -0.2) is 59.6 Å². The summed E-state index contributed by atoms with van der Waals surface area (Å²) >= 11 is 12.3. The second kappa shape index (κ2) is 9.15. The van der Waals surface area contributed by atoms with Crippen molar-refractivity contribution < 1.29 is 13.2 Å². The first-order valence-electron chi connectivity index (χ1n) is 11.0. The summed E-state index contributed by atoms with van der Waals surface area (Å²) in [5, 5.41) is 3.89. The molecule has 1 aromatic heterocycles. The number of benzene rings is 1. The van der Waals surface area contributed by atoms with Gasteiger partial charge < -0.3 is 5.32 Å². The molecular formula is C23H28Cl2N4O3S. The summed E-state index contributed by atoms with van der Waals surface area (Å²) in [5.41, 5.74) is -0.140. The van der Waals surface area contributed by atoms with Crippen molar-refractivity contribution in [3.05, 3.63) is 63.9 Å². The topological polar surface area (TPSA) is 82.6 Å². The van der Waals surface area contributed by atoms with Crippen LogP contribution in [0.2, 0.25) is 10.0 Å². The van der Waals surface area contributed by atoms with Gasteiger partial charge in [0.1, 0.15) is 0 Å². The van der Waals surface area contributed by atoms with Crippen LogP contribution >= 0.6 is 23.2 Å². The molecule has 0 radical (unpaired) electrons. The molecule has 1 aromatic carbocycles. The van der Waals surface area contributed by atoms with Crippen molar-refractivity contribution >= 4 is 39.3 Å². The SMILES string of the molecule is CC(C)(NC(=O)c1ccc(Cl)cc1Cl)C1(c2ccccn2)CCN(S(=O)(=O)N2CCC2)CC1. The molecular weight excluding hydrogens is 483 g/mol. The number of amides is 1. The molecule has 2 fully saturated rings. The summed E-state index contributed by atoms with van der Waals surface area (Å²) in [6, 6.07) is 10.5. The molecule has 2 saturated heterocycles. The van der Waals surface area contributed by atoms with E-state index in [9.17, 15) is 13.2 Å². The third-order valence-corrected chi connectivity index (χ3v) is 9.58. The second-order valence-electron chi connectivity index (χ2n) is 9.16. The molecule has 4 rings (SSSR count). The number of nitrogens with one attached hydrogen (secondary N) is 1. The number of carbonyl (C=O) groups excluding carboxylic acids is 1. The van der Waals surface area contributed by atoms with Crippen molar-refractivity contribution in [2.45, 2.75) is 44.1 Å². The molecule has 2 aromatic rings.